The molecule has 0 fully saturated rings. The fourth-order valence-electron chi connectivity index (χ4n) is 11.6. The average Bonchev–Trinajstić information content (AvgIpc) is 1.82. The van der Waals surface area contributed by atoms with E-state index in [4.69, 9.17) is 37.0 Å². The van der Waals surface area contributed by atoms with Crippen LogP contribution < -0.4 is 0 Å². The van der Waals surface area contributed by atoms with Crippen LogP contribution in [0.4, 0.5) is 0 Å². The van der Waals surface area contributed by atoms with Crippen LogP contribution in [0.15, 0.2) is 0 Å². The van der Waals surface area contributed by atoms with E-state index in [0.717, 1.165) is 108 Å². The SMILES string of the molecule is CCCCCCCCCCCCCCC(=O)OC[C@H](COP(=O)(O)OC[C@H](O)COP(=O)(O)OC[C@@H](COC(=O)CCCCCCCCCCCC(C)C)OC(=O)CCCCCCCCCCCCCCCCCCC(C)C)OC(=O)CCCCCCCCCCCC(C)C. The first-order chi connectivity index (χ1) is 45.7. The number of rotatable bonds is 74. The third kappa shape index (κ3) is 70.3. The lowest BCUT2D eigenvalue weighted by molar-refractivity contribution is -0.161. The van der Waals surface area contributed by atoms with Gasteiger partial charge in [0.2, 0.25) is 0 Å². The molecule has 0 aliphatic heterocycles. The maximum atomic E-state index is 13.1. The van der Waals surface area contributed by atoms with E-state index in [0.29, 0.717) is 25.7 Å². The van der Waals surface area contributed by atoms with Crippen LogP contribution in [0.1, 0.15) is 389 Å². The van der Waals surface area contributed by atoms with Gasteiger partial charge in [0.15, 0.2) is 12.2 Å². The lowest BCUT2D eigenvalue weighted by Crippen LogP contribution is -2.30. The topological polar surface area (TPSA) is 237 Å². The zero-order valence-corrected chi connectivity index (χ0v) is 63.9. The highest BCUT2D eigenvalue weighted by Gasteiger charge is 2.30. The fourth-order valence-corrected chi connectivity index (χ4v) is 13.2. The summed E-state index contributed by atoms with van der Waals surface area (Å²) in [6.45, 7) is 11.9. The quantitative estimate of drug-likeness (QED) is 0.0222. The molecule has 0 saturated heterocycles. The molecule has 95 heavy (non-hydrogen) atoms. The lowest BCUT2D eigenvalue weighted by atomic mass is 10.0. The fraction of sp³-hybridized carbons (Fsp3) is 0.947. The maximum Gasteiger partial charge on any atom is 0.472 e. The molecule has 0 rings (SSSR count). The van der Waals surface area contributed by atoms with Gasteiger partial charge in [0.1, 0.15) is 19.3 Å². The normalized spacial score (nSPS) is 14.1. The minimum atomic E-state index is -4.96. The number of hydrogen-bond donors (Lipinski definition) is 3. The number of aliphatic hydroxyl groups is 1. The van der Waals surface area contributed by atoms with E-state index >= 15 is 0 Å². The lowest BCUT2D eigenvalue weighted by Gasteiger charge is -2.21. The Kier molecular flexibility index (Phi) is 65.2. The number of phosphoric ester groups is 2. The van der Waals surface area contributed by atoms with Crippen LogP contribution >= 0.6 is 15.6 Å². The Hall–Kier alpha value is -1.94. The van der Waals surface area contributed by atoms with E-state index in [1.54, 1.807) is 0 Å². The molecule has 17 nitrogen and oxygen atoms in total. The van der Waals surface area contributed by atoms with Gasteiger partial charge in [-0.25, -0.2) is 9.13 Å². The minimum absolute atomic E-state index is 0.105. The first kappa shape index (κ1) is 93.1. The van der Waals surface area contributed by atoms with Crippen LogP contribution in [0.25, 0.3) is 0 Å². The van der Waals surface area contributed by atoms with Crippen molar-refractivity contribution in [2.24, 2.45) is 17.8 Å². The number of phosphoric acid groups is 2. The molecule has 0 aromatic heterocycles. The van der Waals surface area contributed by atoms with Crippen molar-refractivity contribution in [3.8, 4) is 0 Å². The Morgan fingerprint density at radius 1 is 0.284 bits per heavy atom. The zero-order valence-electron chi connectivity index (χ0n) is 62.1. The molecule has 0 heterocycles. The molecular weight excluding hydrogens is 1250 g/mol. The number of unbranched alkanes of at least 4 members (excludes halogenated alkanes) is 42. The maximum absolute atomic E-state index is 13.1. The molecule has 2 unspecified atom stereocenters. The second-order valence-corrected chi connectivity index (χ2v) is 31.7. The number of carbonyl (C=O) groups is 4. The highest BCUT2D eigenvalue weighted by molar-refractivity contribution is 7.47. The third-order valence-corrected chi connectivity index (χ3v) is 19.5. The summed E-state index contributed by atoms with van der Waals surface area (Å²) >= 11 is 0. The Bertz CT molecular complexity index is 1850. The van der Waals surface area contributed by atoms with Crippen LogP contribution in [0.2, 0.25) is 0 Å². The molecule has 0 aliphatic carbocycles. The summed E-state index contributed by atoms with van der Waals surface area (Å²) < 4.78 is 68.5. The van der Waals surface area contributed by atoms with Gasteiger partial charge in [0.05, 0.1) is 26.4 Å². The number of carbonyl (C=O) groups excluding carboxylic acids is 4. The van der Waals surface area contributed by atoms with Gasteiger partial charge in [-0.05, 0) is 43.4 Å². The van der Waals surface area contributed by atoms with Crippen LogP contribution in [0, 0.1) is 17.8 Å². The molecule has 0 amide bonds. The van der Waals surface area contributed by atoms with Crippen LogP contribution in [-0.2, 0) is 65.4 Å². The van der Waals surface area contributed by atoms with Crippen molar-refractivity contribution < 1.29 is 80.2 Å². The molecule has 0 spiro atoms. The molecule has 0 aliphatic rings. The molecule has 0 aromatic rings. The Labute approximate surface area is 581 Å². The molecule has 564 valence electrons. The van der Waals surface area contributed by atoms with Crippen LogP contribution in [0.3, 0.4) is 0 Å². The highest BCUT2D eigenvalue weighted by atomic mass is 31.2. The van der Waals surface area contributed by atoms with E-state index in [-0.39, 0.29) is 25.7 Å². The standard InChI is InChI=1S/C76H148O17P2/c1-8-9-10-11-12-13-14-22-29-36-43-50-57-73(78)86-63-72(93-76(81)60-53-46-39-32-25-28-35-42-49-56-69(6)7)66-91-95(84,85)89-62-70(77)61-88-94(82,83)90-65-71(64-87-74(79)58-51-44-37-31-24-27-34-41-48-55-68(4)5)92-75(80)59-52-45-38-30-23-20-18-16-15-17-19-21-26-33-40-47-54-67(2)3/h67-72,77H,8-66H2,1-7H3,(H,82,83)(H,84,85)/t70-,71-,72-/m1/s1. The Balaban J connectivity index is 5.23. The summed E-state index contributed by atoms with van der Waals surface area (Å²) in [6.07, 6.45) is 52.7. The first-order valence-corrected chi connectivity index (χ1v) is 42.3. The minimum Gasteiger partial charge on any atom is -0.462 e. The summed E-state index contributed by atoms with van der Waals surface area (Å²) in [5, 5.41) is 10.6. The van der Waals surface area contributed by atoms with Crippen molar-refractivity contribution in [2.45, 2.75) is 407 Å². The smallest absolute Gasteiger partial charge is 0.462 e. The molecule has 19 heteroatoms. The molecule has 5 atom stereocenters. The number of aliphatic hydroxyl groups excluding tert-OH is 1. The van der Waals surface area contributed by atoms with Crippen LogP contribution in [-0.4, -0.2) is 96.7 Å². The van der Waals surface area contributed by atoms with Gasteiger partial charge in [0, 0.05) is 25.7 Å². The van der Waals surface area contributed by atoms with Gasteiger partial charge in [0.25, 0.3) is 0 Å². The van der Waals surface area contributed by atoms with E-state index < -0.39 is 97.5 Å². The highest BCUT2D eigenvalue weighted by Crippen LogP contribution is 2.45. The van der Waals surface area contributed by atoms with Crippen molar-refractivity contribution in [1.82, 2.24) is 0 Å². The van der Waals surface area contributed by atoms with Gasteiger partial charge >= 0.3 is 39.5 Å². The van der Waals surface area contributed by atoms with Crippen LogP contribution in [0.5, 0.6) is 0 Å². The largest absolute Gasteiger partial charge is 0.472 e. The second kappa shape index (κ2) is 66.6. The van der Waals surface area contributed by atoms with Crippen molar-refractivity contribution >= 4 is 39.5 Å². The van der Waals surface area contributed by atoms with E-state index in [1.165, 1.54) is 199 Å². The summed E-state index contributed by atoms with van der Waals surface area (Å²) in [7, 11) is -9.91. The molecular formula is C76H148O17P2. The van der Waals surface area contributed by atoms with Gasteiger partial charge in [-0.15, -0.1) is 0 Å². The first-order valence-electron chi connectivity index (χ1n) is 39.3. The Morgan fingerprint density at radius 2 is 0.484 bits per heavy atom. The van der Waals surface area contributed by atoms with E-state index in [9.17, 15) is 43.2 Å². The summed E-state index contributed by atoms with van der Waals surface area (Å²) in [4.78, 5) is 72.8. The van der Waals surface area contributed by atoms with Gasteiger partial charge < -0.3 is 33.8 Å². The zero-order chi connectivity index (χ0) is 70.1. The van der Waals surface area contributed by atoms with Crippen molar-refractivity contribution in [1.29, 1.82) is 0 Å². The number of esters is 4. The van der Waals surface area contributed by atoms with Gasteiger partial charge in [-0.2, -0.15) is 0 Å². The predicted molar refractivity (Wildman–Crippen MR) is 386 cm³/mol. The third-order valence-electron chi connectivity index (χ3n) is 17.6. The number of hydrogen-bond acceptors (Lipinski definition) is 15. The summed E-state index contributed by atoms with van der Waals surface area (Å²) in [5.74, 6) is 0.172. The van der Waals surface area contributed by atoms with Crippen molar-refractivity contribution in [2.75, 3.05) is 39.6 Å². The second-order valence-electron chi connectivity index (χ2n) is 28.8. The summed E-state index contributed by atoms with van der Waals surface area (Å²) in [5.41, 5.74) is 0. The number of ether oxygens (including phenoxy) is 4. The van der Waals surface area contributed by atoms with Crippen molar-refractivity contribution in [3.05, 3.63) is 0 Å². The molecule has 0 saturated carbocycles. The molecule has 0 aromatic carbocycles. The average molecular weight is 1400 g/mol. The van der Waals surface area contributed by atoms with E-state index in [2.05, 4.69) is 48.5 Å². The van der Waals surface area contributed by atoms with Gasteiger partial charge in [-0.3, -0.25) is 37.3 Å². The van der Waals surface area contributed by atoms with Gasteiger partial charge in [-0.1, -0.05) is 337 Å². The Morgan fingerprint density at radius 3 is 0.716 bits per heavy atom. The van der Waals surface area contributed by atoms with Crippen molar-refractivity contribution in [3.63, 3.8) is 0 Å². The monoisotopic (exact) mass is 1400 g/mol. The summed E-state index contributed by atoms with van der Waals surface area (Å²) in [6, 6.07) is 0. The molecule has 0 radical (unpaired) electrons. The van der Waals surface area contributed by atoms with E-state index in [1.807, 2.05) is 0 Å². The molecule has 0 bridgehead atoms. The molecule has 3 N–H and O–H groups in total. The predicted octanol–water partition coefficient (Wildman–Crippen LogP) is 22.2.